The van der Waals surface area contributed by atoms with Gasteiger partial charge in [-0.1, -0.05) is 19.1 Å². The molecule has 18 heavy (non-hydrogen) atoms. The summed E-state index contributed by atoms with van der Waals surface area (Å²) in [6, 6.07) is 5.41. The number of phenols is 1. The molecule has 0 bridgehead atoms. The SMILES string of the molecule is CC/C=C(/C)C(=O)N1CCc2ccc(O)cc2C1. The van der Waals surface area contributed by atoms with Crippen LogP contribution in [0.1, 0.15) is 31.4 Å². The monoisotopic (exact) mass is 245 g/mol. The van der Waals surface area contributed by atoms with E-state index in [9.17, 15) is 9.90 Å². The molecule has 1 aromatic rings. The maximum Gasteiger partial charge on any atom is 0.249 e. The van der Waals surface area contributed by atoms with E-state index in [0.717, 1.165) is 30.5 Å². The Hall–Kier alpha value is -1.77. The van der Waals surface area contributed by atoms with Gasteiger partial charge in [-0.25, -0.2) is 0 Å². The molecule has 0 aliphatic carbocycles. The normalized spacial score (nSPS) is 15.4. The van der Waals surface area contributed by atoms with Crippen molar-refractivity contribution in [2.75, 3.05) is 6.54 Å². The number of hydrogen-bond acceptors (Lipinski definition) is 2. The summed E-state index contributed by atoms with van der Waals surface area (Å²) in [5.74, 6) is 0.370. The number of carbonyl (C=O) groups is 1. The molecule has 0 aromatic heterocycles. The number of hydrogen-bond donors (Lipinski definition) is 1. The molecule has 1 heterocycles. The Bertz CT molecular complexity index is 491. The van der Waals surface area contributed by atoms with E-state index in [2.05, 4.69) is 0 Å². The van der Waals surface area contributed by atoms with E-state index in [1.165, 1.54) is 5.56 Å². The Morgan fingerprint density at radius 3 is 2.94 bits per heavy atom. The van der Waals surface area contributed by atoms with Crippen LogP contribution in [-0.2, 0) is 17.8 Å². The van der Waals surface area contributed by atoms with Gasteiger partial charge in [-0.05, 0) is 43.0 Å². The number of fused-ring (bicyclic) bond motifs is 1. The molecule has 0 radical (unpaired) electrons. The second-order valence-corrected chi connectivity index (χ2v) is 4.73. The smallest absolute Gasteiger partial charge is 0.249 e. The summed E-state index contributed by atoms with van der Waals surface area (Å²) in [5.41, 5.74) is 3.09. The molecule has 1 N–H and O–H groups in total. The molecule has 0 fully saturated rings. The summed E-state index contributed by atoms with van der Waals surface area (Å²) in [7, 11) is 0. The fourth-order valence-electron chi connectivity index (χ4n) is 2.36. The summed E-state index contributed by atoms with van der Waals surface area (Å²) in [5, 5.41) is 9.49. The van der Waals surface area contributed by atoms with Gasteiger partial charge in [-0.15, -0.1) is 0 Å². The van der Waals surface area contributed by atoms with Crippen molar-refractivity contribution >= 4 is 5.91 Å². The molecule has 0 unspecified atom stereocenters. The number of carbonyl (C=O) groups excluding carboxylic acids is 1. The molecule has 0 saturated heterocycles. The number of allylic oxidation sites excluding steroid dienone is 1. The number of phenolic OH excluding ortho intramolecular Hbond substituents is 1. The quantitative estimate of drug-likeness (QED) is 0.814. The number of rotatable bonds is 2. The maximum absolute atomic E-state index is 12.2. The van der Waals surface area contributed by atoms with E-state index in [4.69, 9.17) is 0 Å². The van der Waals surface area contributed by atoms with Crippen LogP contribution in [0.15, 0.2) is 29.8 Å². The third kappa shape index (κ3) is 2.55. The zero-order chi connectivity index (χ0) is 13.1. The molecule has 0 saturated carbocycles. The highest BCUT2D eigenvalue weighted by Gasteiger charge is 2.21. The predicted octanol–water partition coefficient (Wildman–Crippen LogP) is 2.63. The van der Waals surface area contributed by atoms with E-state index >= 15 is 0 Å². The Labute approximate surface area is 108 Å². The van der Waals surface area contributed by atoms with Crippen molar-refractivity contribution in [1.29, 1.82) is 0 Å². The molecular weight excluding hydrogens is 226 g/mol. The minimum absolute atomic E-state index is 0.103. The molecule has 2 rings (SSSR count). The third-order valence-electron chi connectivity index (χ3n) is 3.34. The van der Waals surface area contributed by atoms with Gasteiger partial charge in [-0.2, -0.15) is 0 Å². The van der Waals surface area contributed by atoms with Crippen LogP contribution >= 0.6 is 0 Å². The lowest BCUT2D eigenvalue weighted by molar-refractivity contribution is -0.128. The van der Waals surface area contributed by atoms with E-state index < -0.39 is 0 Å². The number of benzene rings is 1. The van der Waals surface area contributed by atoms with Crippen LogP contribution in [0.3, 0.4) is 0 Å². The lowest BCUT2D eigenvalue weighted by Gasteiger charge is -2.29. The average Bonchev–Trinajstić information content (AvgIpc) is 2.37. The Balaban J connectivity index is 2.16. The lowest BCUT2D eigenvalue weighted by atomic mass is 9.99. The first-order valence-electron chi connectivity index (χ1n) is 6.38. The Kier molecular flexibility index (Phi) is 3.70. The van der Waals surface area contributed by atoms with Crippen molar-refractivity contribution in [1.82, 2.24) is 4.90 Å². The topological polar surface area (TPSA) is 40.5 Å². The first kappa shape index (κ1) is 12.7. The van der Waals surface area contributed by atoms with Crippen LogP contribution in [0.5, 0.6) is 5.75 Å². The van der Waals surface area contributed by atoms with Crippen LogP contribution in [-0.4, -0.2) is 22.5 Å². The van der Waals surface area contributed by atoms with Crippen molar-refractivity contribution in [3.8, 4) is 5.75 Å². The highest BCUT2D eigenvalue weighted by molar-refractivity contribution is 5.92. The minimum Gasteiger partial charge on any atom is -0.508 e. The average molecular weight is 245 g/mol. The van der Waals surface area contributed by atoms with E-state index in [-0.39, 0.29) is 11.7 Å². The van der Waals surface area contributed by atoms with Gasteiger partial charge < -0.3 is 10.0 Å². The van der Waals surface area contributed by atoms with Crippen LogP contribution in [0.2, 0.25) is 0 Å². The second kappa shape index (κ2) is 5.25. The molecule has 3 heteroatoms. The molecule has 96 valence electrons. The molecule has 0 spiro atoms. The van der Waals surface area contributed by atoms with Gasteiger partial charge in [0.15, 0.2) is 0 Å². The summed E-state index contributed by atoms with van der Waals surface area (Å²) in [6.07, 6.45) is 3.70. The molecule has 1 aromatic carbocycles. The fraction of sp³-hybridized carbons (Fsp3) is 0.400. The van der Waals surface area contributed by atoms with E-state index in [0.29, 0.717) is 6.54 Å². The molecule has 1 aliphatic heterocycles. The Morgan fingerprint density at radius 2 is 2.22 bits per heavy atom. The van der Waals surface area contributed by atoms with Gasteiger partial charge >= 0.3 is 0 Å². The first-order chi connectivity index (χ1) is 8.61. The van der Waals surface area contributed by atoms with Crippen molar-refractivity contribution < 1.29 is 9.90 Å². The molecule has 0 atom stereocenters. The standard InChI is InChI=1S/C15H19NO2/c1-3-4-11(2)15(18)16-8-7-12-5-6-14(17)9-13(12)10-16/h4-6,9,17H,3,7-8,10H2,1-2H3/b11-4-. The largest absolute Gasteiger partial charge is 0.508 e. The van der Waals surface area contributed by atoms with Crippen LogP contribution in [0.4, 0.5) is 0 Å². The summed E-state index contributed by atoms with van der Waals surface area (Å²) < 4.78 is 0. The van der Waals surface area contributed by atoms with Gasteiger partial charge in [0, 0.05) is 18.7 Å². The summed E-state index contributed by atoms with van der Waals surface area (Å²) >= 11 is 0. The molecular formula is C15H19NO2. The zero-order valence-corrected chi connectivity index (χ0v) is 10.9. The van der Waals surface area contributed by atoms with Crippen molar-refractivity contribution in [2.24, 2.45) is 0 Å². The highest BCUT2D eigenvalue weighted by atomic mass is 16.3. The van der Waals surface area contributed by atoms with Gasteiger partial charge in [0.1, 0.15) is 5.75 Å². The summed E-state index contributed by atoms with van der Waals surface area (Å²) in [6.45, 7) is 5.24. The molecule has 1 amide bonds. The second-order valence-electron chi connectivity index (χ2n) is 4.73. The van der Waals surface area contributed by atoms with Gasteiger partial charge in [0.05, 0.1) is 0 Å². The van der Waals surface area contributed by atoms with E-state index in [1.807, 2.05) is 30.9 Å². The van der Waals surface area contributed by atoms with Gasteiger partial charge in [0.2, 0.25) is 5.91 Å². The number of amides is 1. The number of nitrogens with zero attached hydrogens (tertiary/aromatic N) is 1. The predicted molar refractivity (Wildman–Crippen MR) is 71.3 cm³/mol. The van der Waals surface area contributed by atoms with E-state index in [1.54, 1.807) is 12.1 Å². The highest BCUT2D eigenvalue weighted by Crippen LogP contribution is 2.23. The zero-order valence-electron chi connectivity index (χ0n) is 10.9. The van der Waals surface area contributed by atoms with Crippen LogP contribution in [0.25, 0.3) is 0 Å². The van der Waals surface area contributed by atoms with Gasteiger partial charge in [0.25, 0.3) is 0 Å². The first-order valence-corrected chi connectivity index (χ1v) is 6.38. The Morgan fingerprint density at radius 1 is 1.44 bits per heavy atom. The molecule has 3 nitrogen and oxygen atoms in total. The number of aromatic hydroxyl groups is 1. The third-order valence-corrected chi connectivity index (χ3v) is 3.34. The van der Waals surface area contributed by atoms with Crippen molar-refractivity contribution in [3.63, 3.8) is 0 Å². The summed E-state index contributed by atoms with van der Waals surface area (Å²) in [4.78, 5) is 14.0. The fourth-order valence-corrected chi connectivity index (χ4v) is 2.36. The lowest BCUT2D eigenvalue weighted by Crippen LogP contribution is -2.36. The van der Waals surface area contributed by atoms with Crippen molar-refractivity contribution in [2.45, 2.75) is 33.2 Å². The van der Waals surface area contributed by atoms with Crippen LogP contribution < -0.4 is 0 Å². The minimum atomic E-state index is 0.103. The molecule has 1 aliphatic rings. The van der Waals surface area contributed by atoms with Gasteiger partial charge in [-0.3, -0.25) is 4.79 Å². The maximum atomic E-state index is 12.2. The van der Waals surface area contributed by atoms with Crippen molar-refractivity contribution in [3.05, 3.63) is 41.0 Å². The van der Waals surface area contributed by atoms with Crippen LogP contribution in [0, 0.1) is 0 Å².